The van der Waals surface area contributed by atoms with Crippen LogP contribution < -0.4 is 0 Å². The molecule has 0 radical (unpaired) electrons. The van der Waals surface area contributed by atoms with Crippen LogP contribution in [0.4, 0.5) is 8.78 Å². The zero-order valence-corrected chi connectivity index (χ0v) is 14.8. The van der Waals surface area contributed by atoms with Crippen molar-refractivity contribution in [1.82, 2.24) is 23.9 Å². The van der Waals surface area contributed by atoms with Crippen molar-refractivity contribution in [2.75, 3.05) is 6.61 Å². The Kier molecular flexibility index (Phi) is 5.09. The molecule has 10 heteroatoms. The van der Waals surface area contributed by atoms with Crippen LogP contribution in [0.2, 0.25) is 0 Å². The molecule has 1 aliphatic heterocycles. The Balaban J connectivity index is 1.72. The minimum absolute atomic E-state index is 0.0975. The molecule has 0 fully saturated rings. The number of carbonyl (C=O) groups is 1. The maximum atomic E-state index is 12.6. The predicted molar refractivity (Wildman–Crippen MR) is 87.1 cm³/mol. The lowest BCUT2D eigenvalue weighted by Crippen LogP contribution is -2.26. The number of aryl methyl sites for hydroxylation is 1. The molecule has 7 nitrogen and oxygen atoms in total. The fourth-order valence-corrected chi connectivity index (χ4v) is 3.74. The van der Waals surface area contributed by atoms with Crippen molar-refractivity contribution in [3.8, 4) is 0 Å². The molecule has 2 aromatic heterocycles. The smallest absolute Gasteiger partial charge is 0.257 e. The summed E-state index contributed by atoms with van der Waals surface area (Å²) in [7, 11) is 0. The van der Waals surface area contributed by atoms with E-state index < -0.39 is 13.0 Å². The van der Waals surface area contributed by atoms with Gasteiger partial charge in [-0.25, -0.2) is 12.9 Å². The Bertz CT molecular complexity index is 766. The number of hydrogen-bond donors (Lipinski definition) is 1. The molecule has 1 N–H and O–H groups in total. The number of aliphatic hydroxyl groups is 1. The molecule has 3 heterocycles. The average molecular weight is 371 g/mol. The third-order valence-electron chi connectivity index (χ3n) is 4.05. The van der Waals surface area contributed by atoms with Gasteiger partial charge in [-0.05, 0) is 13.8 Å². The van der Waals surface area contributed by atoms with E-state index in [1.165, 1.54) is 16.6 Å². The van der Waals surface area contributed by atoms with Crippen LogP contribution in [0, 0.1) is 13.8 Å². The van der Waals surface area contributed by atoms with E-state index >= 15 is 0 Å². The number of halogens is 2. The van der Waals surface area contributed by atoms with Crippen molar-refractivity contribution >= 4 is 17.9 Å². The van der Waals surface area contributed by atoms with Gasteiger partial charge in [0.25, 0.3) is 6.43 Å². The molecule has 25 heavy (non-hydrogen) atoms. The largest absolute Gasteiger partial charge is 0.396 e. The first-order valence-electron chi connectivity index (χ1n) is 7.85. The highest BCUT2D eigenvalue weighted by atomic mass is 32.2. The molecule has 1 amide bonds. The summed E-state index contributed by atoms with van der Waals surface area (Å²) in [6, 6.07) is 0. The van der Waals surface area contributed by atoms with Crippen LogP contribution in [0.1, 0.15) is 29.1 Å². The van der Waals surface area contributed by atoms with Crippen molar-refractivity contribution in [3.05, 3.63) is 28.8 Å². The number of nitrogens with zero attached hydrogens (tertiary/aromatic N) is 5. The van der Waals surface area contributed by atoms with Crippen molar-refractivity contribution in [3.63, 3.8) is 0 Å². The Morgan fingerprint density at radius 2 is 2.12 bits per heavy atom. The van der Waals surface area contributed by atoms with E-state index in [0.29, 0.717) is 24.5 Å². The number of carbonyl (C=O) groups excluding carboxylic acids is 1. The SMILES string of the molecule is Cc1nn(CC(F)F)c(C)c1Sn1cc2c(n1)CN(C(=O)CCO)C2. The first kappa shape index (κ1) is 17.9. The van der Waals surface area contributed by atoms with E-state index in [-0.39, 0.29) is 18.9 Å². The lowest BCUT2D eigenvalue weighted by molar-refractivity contribution is -0.132. The van der Waals surface area contributed by atoms with Crippen LogP contribution in [0.15, 0.2) is 11.1 Å². The minimum atomic E-state index is -2.45. The summed E-state index contributed by atoms with van der Waals surface area (Å²) >= 11 is 1.33. The van der Waals surface area contributed by atoms with E-state index in [4.69, 9.17) is 5.11 Å². The average Bonchev–Trinajstić information content (AvgIpc) is 3.15. The summed E-state index contributed by atoms with van der Waals surface area (Å²) in [5.74, 6) is -0.0975. The van der Waals surface area contributed by atoms with Gasteiger partial charge in [0.15, 0.2) is 0 Å². The van der Waals surface area contributed by atoms with Crippen LogP contribution in [-0.4, -0.2) is 47.9 Å². The Labute approximate surface area is 147 Å². The molecular formula is C15H19F2N5O2S. The molecule has 0 aliphatic carbocycles. The molecule has 136 valence electrons. The molecule has 2 aromatic rings. The van der Waals surface area contributed by atoms with Gasteiger partial charge in [0.05, 0.1) is 35.1 Å². The summed E-state index contributed by atoms with van der Waals surface area (Å²) in [6.07, 6.45) is -0.497. The molecule has 1 aliphatic rings. The standard InChI is InChI=1S/C15H19F2N5O2S/c1-9-15(10(2)21(18-9)8-13(16)17)25-22-6-11-5-20(7-12(11)19-22)14(24)3-4-23/h6,13,23H,3-5,7-8H2,1-2H3. The molecular weight excluding hydrogens is 352 g/mol. The van der Waals surface area contributed by atoms with E-state index in [0.717, 1.165) is 16.2 Å². The predicted octanol–water partition coefficient (Wildman–Crippen LogP) is 1.74. The van der Waals surface area contributed by atoms with Crippen molar-refractivity contribution in [2.24, 2.45) is 0 Å². The molecule has 0 saturated heterocycles. The zero-order chi connectivity index (χ0) is 18.1. The van der Waals surface area contributed by atoms with Gasteiger partial charge < -0.3 is 10.0 Å². The van der Waals surface area contributed by atoms with Gasteiger partial charge >= 0.3 is 0 Å². The van der Waals surface area contributed by atoms with Crippen LogP contribution in [0.5, 0.6) is 0 Å². The van der Waals surface area contributed by atoms with Crippen LogP contribution in [-0.2, 0) is 24.4 Å². The van der Waals surface area contributed by atoms with Gasteiger partial charge in [0.1, 0.15) is 6.54 Å². The summed E-state index contributed by atoms with van der Waals surface area (Å²) in [5.41, 5.74) is 3.12. The van der Waals surface area contributed by atoms with E-state index in [2.05, 4.69) is 10.2 Å². The Hall–Kier alpha value is -1.94. The van der Waals surface area contributed by atoms with Gasteiger partial charge in [0, 0.05) is 36.7 Å². The van der Waals surface area contributed by atoms with Gasteiger partial charge in [-0.2, -0.15) is 10.2 Å². The summed E-state index contributed by atoms with van der Waals surface area (Å²) in [4.78, 5) is 14.3. The third kappa shape index (κ3) is 3.69. The molecule has 0 atom stereocenters. The summed E-state index contributed by atoms with van der Waals surface area (Å²) in [6.45, 7) is 3.84. The fourth-order valence-electron chi connectivity index (χ4n) is 2.82. The minimum Gasteiger partial charge on any atom is -0.396 e. The van der Waals surface area contributed by atoms with Gasteiger partial charge in [-0.15, -0.1) is 0 Å². The summed E-state index contributed by atoms with van der Waals surface area (Å²) < 4.78 is 28.2. The first-order chi connectivity index (χ1) is 11.9. The van der Waals surface area contributed by atoms with Crippen LogP contribution >= 0.6 is 11.9 Å². The monoisotopic (exact) mass is 371 g/mol. The number of aliphatic hydroxyl groups excluding tert-OH is 1. The zero-order valence-electron chi connectivity index (χ0n) is 13.9. The molecule has 3 rings (SSSR count). The first-order valence-corrected chi connectivity index (χ1v) is 8.63. The van der Waals surface area contributed by atoms with E-state index in [1.54, 1.807) is 22.8 Å². The number of rotatable bonds is 6. The molecule has 0 aromatic carbocycles. The van der Waals surface area contributed by atoms with E-state index in [1.807, 2.05) is 6.20 Å². The number of alkyl halides is 2. The second-order valence-electron chi connectivity index (χ2n) is 5.89. The highest BCUT2D eigenvalue weighted by Gasteiger charge is 2.26. The summed E-state index contributed by atoms with van der Waals surface area (Å²) in [5, 5.41) is 17.5. The second-order valence-corrected chi connectivity index (χ2v) is 6.86. The van der Waals surface area contributed by atoms with Gasteiger partial charge in [0.2, 0.25) is 5.91 Å². The maximum Gasteiger partial charge on any atom is 0.257 e. The lowest BCUT2D eigenvalue weighted by atomic mass is 10.3. The van der Waals surface area contributed by atoms with Crippen LogP contribution in [0.3, 0.4) is 0 Å². The van der Waals surface area contributed by atoms with Crippen LogP contribution in [0.25, 0.3) is 0 Å². The maximum absolute atomic E-state index is 12.6. The lowest BCUT2D eigenvalue weighted by Gasteiger charge is -2.14. The van der Waals surface area contributed by atoms with Gasteiger partial charge in [-0.3, -0.25) is 9.48 Å². The van der Waals surface area contributed by atoms with Crippen molar-refractivity contribution in [1.29, 1.82) is 0 Å². The quantitative estimate of drug-likeness (QED) is 0.837. The topological polar surface area (TPSA) is 76.2 Å². The normalized spacial score (nSPS) is 13.8. The van der Waals surface area contributed by atoms with Gasteiger partial charge in [-0.1, -0.05) is 0 Å². The number of fused-ring (bicyclic) bond motifs is 1. The Morgan fingerprint density at radius 1 is 1.36 bits per heavy atom. The molecule has 0 bridgehead atoms. The highest BCUT2D eigenvalue weighted by Crippen LogP contribution is 2.30. The van der Waals surface area contributed by atoms with E-state index in [9.17, 15) is 13.6 Å². The second kappa shape index (κ2) is 7.12. The van der Waals surface area contributed by atoms with Crippen molar-refractivity contribution in [2.45, 2.75) is 51.2 Å². The van der Waals surface area contributed by atoms with Crippen molar-refractivity contribution < 1.29 is 18.7 Å². The Morgan fingerprint density at radius 3 is 2.76 bits per heavy atom. The molecule has 0 saturated carbocycles. The number of amides is 1. The third-order valence-corrected chi connectivity index (χ3v) is 5.19. The number of aromatic nitrogens is 4. The fraction of sp³-hybridized carbons (Fsp3) is 0.533. The molecule has 0 spiro atoms. The highest BCUT2D eigenvalue weighted by molar-refractivity contribution is 7.97. The molecule has 0 unspecified atom stereocenters. The number of hydrogen-bond acceptors (Lipinski definition) is 5.